The van der Waals surface area contributed by atoms with Crippen molar-refractivity contribution >= 4 is 27.0 Å². The molecule has 0 atom stereocenters. The molecule has 0 aliphatic heterocycles. The molecule has 0 spiro atoms. The summed E-state index contributed by atoms with van der Waals surface area (Å²) >= 11 is 0. The molecule has 0 saturated carbocycles. The standard InChI is InChI=1S/C21H17NO4S/c22-27(24,25)20(17-7-3-1-4-8-17)15-16-11-13-19(14-12-16)26-21(23)18-9-5-2-6-10-18/h1-15H,(H2,22,24,25)/b20-15+. The smallest absolute Gasteiger partial charge is 0.343 e. The van der Waals surface area contributed by atoms with Crippen molar-refractivity contribution in [1.82, 2.24) is 0 Å². The summed E-state index contributed by atoms with van der Waals surface area (Å²) in [5, 5.41) is 5.35. The fourth-order valence-corrected chi connectivity index (χ4v) is 3.22. The van der Waals surface area contributed by atoms with Gasteiger partial charge in [-0.3, -0.25) is 0 Å². The molecule has 6 heteroatoms. The summed E-state index contributed by atoms with van der Waals surface area (Å²) in [6.07, 6.45) is 1.48. The second kappa shape index (κ2) is 7.99. The van der Waals surface area contributed by atoms with Gasteiger partial charge in [0.05, 0.1) is 10.5 Å². The Balaban J connectivity index is 1.84. The Morgan fingerprint density at radius 2 is 1.30 bits per heavy atom. The third-order valence-electron chi connectivity index (χ3n) is 3.76. The molecule has 0 radical (unpaired) electrons. The van der Waals surface area contributed by atoms with E-state index in [-0.39, 0.29) is 4.91 Å². The van der Waals surface area contributed by atoms with Crippen LogP contribution in [0.3, 0.4) is 0 Å². The topological polar surface area (TPSA) is 86.5 Å². The quantitative estimate of drug-likeness (QED) is 0.416. The zero-order chi connectivity index (χ0) is 19.3. The predicted molar refractivity (Wildman–Crippen MR) is 105 cm³/mol. The van der Waals surface area contributed by atoms with E-state index in [0.29, 0.717) is 22.4 Å². The lowest BCUT2D eigenvalue weighted by molar-refractivity contribution is 0.0734. The van der Waals surface area contributed by atoms with Gasteiger partial charge in [-0.25, -0.2) is 18.4 Å². The van der Waals surface area contributed by atoms with Gasteiger partial charge in [0.15, 0.2) is 0 Å². The summed E-state index contributed by atoms with van der Waals surface area (Å²) < 4.78 is 29.2. The minimum Gasteiger partial charge on any atom is -0.423 e. The van der Waals surface area contributed by atoms with E-state index in [0.717, 1.165) is 0 Å². The van der Waals surface area contributed by atoms with Crippen LogP contribution in [-0.2, 0) is 10.0 Å². The number of carbonyl (C=O) groups is 1. The first-order valence-electron chi connectivity index (χ1n) is 8.11. The summed E-state index contributed by atoms with van der Waals surface area (Å²) in [6.45, 7) is 0. The fraction of sp³-hybridized carbons (Fsp3) is 0. The predicted octanol–water partition coefficient (Wildman–Crippen LogP) is 3.69. The van der Waals surface area contributed by atoms with Gasteiger partial charge >= 0.3 is 5.97 Å². The summed E-state index contributed by atoms with van der Waals surface area (Å²) in [4.78, 5) is 12.1. The minimum atomic E-state index is -3.91. The first-order valence-corrected chi connectivity index (χ1v) is 9.65. The van der Waals surface area contributed by atoms with Crippen LogP contribution in [0.2, 0.25) is 0 Å². The van der Waals surface area contributed by atoms with Crippen molar-refractivity contribution in [2.24, 2.45) is 5.14 Å². The van der Waals surface area contributed by atoms with Gasteiger partial charge in [0.2, 0.25) is 10.0 Å². The van der Waals surface area contributed by atoms with E-state index in [4.69, 9.17) is 9.88 Å². The second-order valence-electron chi connectivity index (χ2n) is 5.74. The number of carbonyl (C=O) groups excluding carboxylic acids is 1. The molecule has 3 rings (SSSR count). The third-order valence-corrected chi connectivity index (χ3v) is 4.73. The molecule has 0 aliphatic carbocycles. The normalized spacial score (nSPS) is 11.8. The number of primary sulfonamides is 1. The molecule has 0 bridgehead atoms. The number of nitrogens with two attached hydrogens (primary N) is 1. The maximum Gasteiger partial charge on any atom is 0.343 e. The van der Waals surface area contributed by atoms with E-state index in [9.17, 15) is 13.2 Å². The van der Waals surface area contributed by atoms with E-state index >= 15 is 0 Å². The van der Waals surface area contributed by atoms with E-state index < -0.39 is 16.0 Å². The van der Waals surface area contributed by atoms with Crippen LogP contribution in [0.4, 0.5) is 0 Å². The number of rotatable bonds is 5. The van der Waals surface area contributed by atoms with Crippen molar-refractivity contribution in [2.75, 3.05) is 0 Å². The highest BCUT2D eigenvalue weighted by Gasteiger charge is 2.14. The van der Waals surface area contributed by atoms with Crippen LogP contribution in [0.5, 0.6) is 5.75 Å². The molecule has 5 nitrogen and oxygen atoms in total. The van der Waals surface area contributed by atoms with Gasteiger partial charge < -0.3 is 4.74 Å². The lowest BCUT2D eigenvalue weighted by atomic mass is 10.1. The number of sulfonamides is 1. The third kappa shape index (κ3) is 4.91. The molecule has 3 aromatic carbocycles. The molecule has 136 valence electrons. The van der Waals surface area contributed by atoms with Crippen LogP contribution >= 0.6 is 0 Å². The van der Waals surface area contributed by atoms with E-state index in [1.54, 1.807) is 78.9 Å². The Hall–Kier alpha value is -3.22. The van der Waals surface area contributed by atoms with Gasteiger partial charge in [-0.2, -0.15) is 0 Å². The van der Waals surface area contributed by atoms with Crippen LogP contribution in [-0.4, -0.2) is 14.4 Å². The molecule has 27 heavy (non-hydrogen) atoms. The number of benzene rings is 3. The molecule has 0 unspecified atom stereocenters. The first-order chi connectivity index (χ1) is 12.9. The van der Waals surface area contributed by atoms with E-state index in [1.807, 2.05) is 6.07 Å². The molecule has 3 aromatic rings. The average Bonchev–Trinajstić information content (AvgIpc) is 2.68. The Kier molecular flexibility index (Phi) is 5.49. The van der Waals surface area contributed by atoms with Crippen LogP contribution in [0, 0.1) is 0 Å². The van der Waals surface area contributed by atoms with Crippen molar-refractivity contribution < 1.29 is 17.9 Å². The van der Waals surface area contributed by atoms with Crippen molar-refractivity contribution in [1.29, 1.82) is 0 Å². The summed E-state index contributed by atoms with van der Waals surface area (Å²) in [7, 11) is -3.91. The lowest BCUT2D eigenvalue weighted by Gasteiger charge is -2.07. The maximum atomic E-state index is 12.1. The zero-order valence-corrected chi connectivity index (χ0v) is 15.1. The highest BCUT2D eigenvalue weighted by molar-refractivity contribution is 7.98. The number of esters is 1. The van der Waals surface area contributed by atoms with Gasteiger partial charge in [0, 0.05) is 0 Å². The first kappa shape index (κ1) is 18.6. The van der Waals surface area contributed by atoms with Crippen molar-refractivity contribution in [3.63, 3.8) is 0 Å². The van der Waals surface area contributed by atoms with Gasteiger partial charge in [-0.15, -0.1) is 0 Å². The Bertz CT molecular complexity index is 1060. The highest BCUT2D eigenvalue weighted by atomic mass is 32.2. The zero-order valence-electron chi connectivity index (χ0n) is 14.3. The van der Waals surface area contributed by atoms with Crippen LogP contribution in [0.25, 0.3) is 11.0 Å². The maximum absolute atomic E-state index is 12.1. The molecular weight excluding hydrogens is 362 g/mol. The molecule has 2 N–H and O–H groups in total. The van der Waals surface area contributed by atoms with E-state index in [1.165, 1.54) is 6.08 Å². The van der Waals surface area contributed by atoms with Gasteiger partial charge in [0.1, 0.15) is 5.75 Å². The second-order valence-corrected chi connectivity index (χ2v) is 7.27. The summed E-state index contributed by atoms with van der Waals surface area (Å²) in [6, 6.07) is 23.8. The Morgan fingerprint density at radius 1 is 0.778 bits per heavy atom. The van der Waals surface area contributed by atoms with Crippen LogP contribution in [0.1, 0.15) is 21.5 Å². The van der Waals surface area contributed by atoms with Gasteiger partial charge in [-0.05, 0) is 41.5 Å². The highest BCUT2D eigenvalue weighted by Crippen LogP contribution is 2.23. The monoisotopic (exact) mass is 379 g/mol. The molecule has 0 aromatic heterocycles. The molecule has 0 heterocycles. The SMILES string of the molecule is NS(=O)(=O)/C(=C/c1ccc(OC(=O)c2ccccc2)cc1)c1ccccc1. The van der Waals surface area contributed by atoms with Crippen molar-refractivity contribution in [3.8, 4) is 5.75 Å². The fourth-order valence-electron chi connectivity index (χ4n) is 2.46. The summed E-state index contributed by atoms with van der Waals surface area (Å²) in [5.41, 5.74) is 1.56. The van der Waals surface area contributed by atoms with E-state index in [2.05, 4.69) is 0 Å². The number of ether oxygens (including phenoxy) is 1. The Labute approximate surface area is 157 Å². The molecule has 0 amide bonds. The lowest BCUT2D eigenvalue weighted by Crippen LogP contribution is -2.13. The molecule has 0 aliphatic rings. The summed E-state index contributed by atoms with van der Waals surface area (Å²) in [5.74, 6) is -0.105. The average molecular weight is 379 g/mol. The van der Waals surface area contributed by atoms with Gasteiger partial charge in [-0.1, -0.05) is 60.7 Å². The number of hydrogen-bond acceptors (Lipinski definition) is 4. The van der Waals surface area contributed by atoms with Crippen LogP contribution < -0.4 is 9.88 Å². The van der Waals surface area contributed by atoms with Crippen molar-refractivity contribution in [3.05, 3.63) is 102 Å². The molecule has 0 saturated heterocycles. The van der Waals surface area contributed by atoms with Gasteiger partial charge in [0.25, 0.3) is 0 Å². The largest absolute Gasteiger partial charge is 0.423 e. The number of hydrogen-bond donors (Lipinski definition) is 1. The van der Waals surface area contributed by atoms with Crippen molar-refractivity contribution in [2.45, 2.75) is 0 Å². The Morgan fingerprint density at radius 3 is 1.81 bits per heavy atom. The van der Waals surface area contributed by atoms with Crippen LogP contribution in [0.15, 0.2) is 84.9 Å². The molecule has 0 fully saturated rings. The molecular formula is C21H17NO4S. The minimum absolute atomic E-state index is 0.0112.